The van der Waals surface area contributed by atoms with Crippen LogP contribution in [0, 0.1) is 0 Å². The molecule has 1 amide bonds. The largest absolute Gasteiger partial charge is 0.342 e. The molecule has 4 rings (SSSR count). The molecule has 0 saturated carbocycles. The van der Waals surface area contributed by atoms with Crippen LogP contribution >= 0.6 is 0 Å². The number of hydrogen-bond acceptors (Lipinski definition) is 1. The minimum Gasteiger partial charge on any atom is -0.342 e. The molecule has 0 radical (unpaired) electrons. The van der Waals surface area contributed by atoms with Gasteiger partial charge in [0.05, 0.1) is 5.56 Å². The Morgan fingerprint density at radius 3 is 2.60 bits per heavy atom. The summed E-state index contributed by atoms with van der Waals surface area (Å²) >= 11 is 0. The Labute approximate surface area is 148 Å². The van der Waals surface area contributed by atoms with E-state index in [1.807, 2.05) is 24.4 Å². The third-order valence-corrected chi connectivity index (χ3v) is 5.28. The second-order valence-corrected chi connectivity index (χ2v) is 7.02. The summed E-state index contributed by atoms with van der Waals surface area (Å²) in [6, 6.07) is 19.0. The summed E-state index contributed by atoms with van der Waals surface area (Å²) in [6.07, 6.45) is 5.48. The summed E-state index contributed by atoms with van der Waals surface area (Å²) in [5, 5.41) is 1.06. The van der Waals surface area contributed by atoms with Crippen LogP contribution < -0.4 is 0 Å². The zero-order valence-electron chi connectivity index (χ0n) is 14.7. The van der Waals surface area contributed by atoms with Crippen LogP contribution in [0.4, 0.5) is 0 Å². The molecule has 0 aliphatic carbocycles. The van der Waals surface area contributed by atoms with Crippen LogP contribution in [0.1, 0.15) is 42.1 Å². The molecule has 25 heavy (non-hydrogen) atoms. The van der Waals surface area contributed by atoms with E-state index in [-0.39, 0.29) is 5.91 Å². The van der Waals surface area contributed by atoms with Crippen LogP contribution in [-0.2, 0) is 6.54 Å². The quantitative estimate of drug-likeness (QED) is 0.682. The number of amides is 1. The van der Waals surface area contributed by atoms with Gasteiger partial charge >= 0.3 is 0 Å². The van der Waals surface area contributed by atoms with E-state index in [4.69, 9.17) is 0 Å². The number of carbonyl (C=O) groups excluding carboxylic acids is 1. The van der Waals surface area contributed by atoms with Crippen LogP contribution in [0.5, 0.6) is 0 Å². The highest BCUT2D eigenvalue weighted by atomic mass is 16.2. The lowest BCUT2D eigenvalue weighted by Crippen LogP contribution is -2.41. The molecule has 1 fully saturated rings. The first-order valence-corrected chi connectivity index (χ1v) is 9.17. The predicted octanol–water partition coefficient (Wildman–Crippen LogP) is 4.70. The highest BCUT2D eigenvalue weighted by molar-refractivity contribution is 6.07. The highest BCUT2D eigenvalue weighted by Crippen LogP contribution is 2.26. The van der Waals surface area contributed by atoms with Gasteiger partial charge in [-0.05, 0) is 37.8 Å². The summed E-state index contributed by atoms with van der Waals surface area (Å²) in [5.74, 6) is 0.176. The van der Waals surface area contributed by atoms with Gasteiger partial charge in [-0.15, -0.1) is 0 Å². The lowest BCUT2D eigenvalue weighted by Gasteiger charge is -2.33. The number of carbonyl (C=O) groups is 1. The molecule has 2 heterocycles. The first kappa shape index (κ1) is 15.9. The molecule has 128 valence electrons. The Balaban J connectivity index is 1.73. The number of para-hydroxylation sites is 1. The highest BCUT2D eigenvalue weighted by Gasteiger charge is 2.26. The Bertz CT molecular complexity index is 881. The second-order valence-electron chi connectivity index (χ2n) is 7.02. The van der Waals surface area contributed by atoms with Gasteiger partial charge in [0.1, 0.15) is 0 Å². The van der Waals surface area contributed by atoms with Crippen molar-refractivity contribution in [2.45, 2.75) is 38.8 Å². The molecule has 1 saturated heterocycles. The fourth-order valence-corrected chi connectivity index (χ4v) is 3.88. The van der Waals surface area contributed by atoms with Gasteiger partial charge in [-0.2, -0.15) is 0 Å². The third kappa shape index (κ3) is 3.07. The predicted molar refractivity (Wildman–Crippen MR) is 102 cm³/mol. The van der Waals surface area contributed by atoms with E-state index in [2.05, 4.69) is 52.8 Å². The Morgan fingerprint density at radius 2 is 1.80 bits per heavy atom. The topological polar surface area (TPSA) is 25.2 Å². The maximum Gasteiger partial charge on any atom is 0.256 e. The van der Waals surface area contributed by atoms with Crippen LogP contribution in [0.15, 0.2) is 60.8 Å². The van der Waals surface area contributed by atoms with Gasteiger partial charge < -0.3 is 9.47 Å². The van der Waals surface area contributed by atoms with Gasteiger partial charge in [-0.3, -0.25) is 4.79 Å². The van der Waals surface area contributed by atoms with E-state index < -0.39 is 0 Å². The Kier molecular flexibility index (Phi) is 4.31. The molecule has 1 aromatic heterocycles. The summed E-state index contributed by atoms with van der Waals surface area (Å²) < 4.78 is 2.20. The average Bonchev–Trinajstić information content (AvgIpc) is 3.01. The number of likely N-dealkylation sites (tertiary alicyclic amines) is 1. The van der Waals surface area contributed by atoms with Crippen molar-refractivity contribution >= 4 is 16.8 Å². The maximum atomic E-state index is 13.2. The molecule has 3 nitrogen and oxygen atoms in total. The summed E-state index contributed by atoms with van der Waals surface area (Å²) in [7, 11) is 0. The first-order chi connectivity index (χ1) is 12.2. The molecule has 1 aliphatic rings. The lowest BCUT2D eigenvalue weighted by molar-refractivity contribution is 0.0637. The number of benzene rings is 2. The standard InChI is InChI=1S/C22H24N2O/c1-17-9-7-8-14-24(17)22(25)20-16-23(15-18-10-3-2-4-11-18)21-13-6-5-12-19(20)21/h2-6,10-13,16-17H,7-9,14-15H2,1H3/t17-/m1/s1. The fraction of sp³-hybridized carbons (Fsp3) is 0.318. The lowest BCUT2D eigenvalue weighted by atomic mass is 10.0. The Hall–Kier alpha value is -2.55. The molecule has 3 heteroatoms. The van der Waals surface area contributed by atoms with E-state index in [0.717, 1.165) is 42.4 Å². The molecule has 1 atom stereocenters. The van der Waals surface area contributed by atoms with Crippen molar-refractivity contribution in [3.8, 4) is 0 Å². The maximum absolute atomic E-state index is 13.2. The summed E-state index contributed by atoms with van der Waals surface area (Å²) in [4.78, 5) is 15.3. The first-order valence-electron chi connectivity index (χ1n) is 9.17. The van der Waals surface area contributed by atoms with Crippen LogP contribution in [0.25, 0.3) is 10.9 Å². The number of nitrogens with zero attached hydrogens (tertiary/aromatic N) is 2. The molecule has 3 aromatic rings. The van der Waals surface area contributed by atoms with Gasteiger partial charge in [0.15, 0.2) is 0 Å². The smallest absolute Gasteiger partial charge is 0.256 e. The van der Waals surface area contributed by atoms with Crippen LogP contribution in [0.3, 0.4) is 0 Å². The third-order valence-electron chi connectivity index (χ3n) is 5.28. The average molecular weight is 332 g/mol. The van der Waals surface area contributed by atoms with Gasteiger partial charge in [0.25, 0.3) is 5.91 Å². The molecule has 0 spiro atoms. The van der Waals surface area contributed by atoms with E-state index in [9.17, 15) is 4.79 Å². The monoisotopic (exact) mass is 332 g/mol. The van der Waals surface area contributed by atoms with E-state index >= 15 is 0 Å². The number of piperidine rings is 1. The number of fused-ring (bicyclic) bond motifs is 1. The van der Waals surface area contributed by atoms with Crippen molar-refractivity contribution in [1.82, 2.24) is 9.47 Å². The minimum absolute atomic E-state index is 0.176. The molecule has 1 aliphatic heterocycles. The van der Waals surface area contributed by atoms with E-state index in [1.165, 1.54) is 12.0 Å². The van der Waals surface area contributed by atoms with Crippen molar-refractivity contribution in [1.29, 1.82) is 0 Å². The SMILES string of the molecule is C[C@@H]1CCCCN1C(=O)c1cn(Cc2ccccc2)c2ccccc12. The molecule has 0 bridgehead atoms. The normalized spacial score (nSPS) is 17.8. The van der Waals surface area contributed by atoms with Crippen molar-refractivity contribution in [2.75, 3.05) is 6.54 Å². The van der Waals surface area contributed by atoms with E-state index in [0.29, 0.717) is 6.04 Å². The van der Waals surface area contributed by atoms with Gasteiger partial charge in [-0.1, -0.05) is 48.5 Å². The molecular formula is C22H24N2O. The van der Waals surface area contributed by atoms with Crippen molar-refractivity contribution in [3.63, 3.8) is 0 Å². The van der Waals surface area contributed by atoms with Crippen molar-refractivity contribution in [3.05, 3.63) is 71.9 Å². The van der Waals surface area contributed by atoms with Gasteiger partial charge in [-0.25, -0.2) is 0 Å². The summed E-state index contributed by atoms with van der Waals surface area (Å²) in [5.41, 5.74) is 3.20. The van der Waals surface area contributed by atoms with Crippen molar-refractivity contribution in [2.24, 2.45) is 0 Å². The van der Waals surface area contributed by atoms with Crippen molar-refractivity contribution < 1.29 is 4.79 Å². The molecular weight excluding hydrogens is 308 g/mol. The zero-order chi connectivity index (χ0) is 17.2. The van der Waals surface area contributed by atoms with Gasteiger partial charge in [0.2, 0.25) is 0 Å². The number of aromatic nitrogens is 1. The van der Waals surface area contributed by atoms with Gasteiger partial charge in [0, 0.05) is 36.2 Å². The number of rotatable bonds is 3. The minimum atomic E-state index is 0.176. The van der Waals surface area contributed by atoms with Crippen LogP contribution in [0.2, 0.25) is 0 Å². The second kappa shape index (κ2) is 6.75. The molecule has 0 N–H and O–H groups in total. The zero-order valence-corrected chi connectivity index (χ0v) is 14.7. The summed E-state index contributed by atoms with van der Waals surface area (Å²) in [6.45, 7) is 3.82. The van der Waals surface area contributed by atoms with Crippen LogP contribution in [-0.4, -0.2) is 28.0 Å². The number of hydrogen-bond donors (Lipinski definition) is 0. The molecule has 2 aromatic carbocycles. The Morgan fingerprint density at radius 1 is 1.04 bits per heavy atom. The fourth-order valence-electron chi connectivity index (χ4n) is 3.88. The van der Waals surface area contributed by atoms with E-state index in [1.54, 1.807) is 0 Å². The molecule has 0 unspecified atom stereocenters.